The summed E-state index contributed by atoms with van der Waals surface area (Å²) in [6, 6.07) is 5.53. The Balaban J connectivity index is 1.50. The standard InChI is InChI=1S/C16H23ClN4O2S/c17-13-7-8-14-15(12-13)20-16(19-14)6-5-9-18-24(22,23)21-10-3-1-2-4-11-21/h7-8,12,18H,1-6,9-11H2,(H,19,20). The van der Waals surface area contributed by atoms with Crippen molar-refractivity contribution in [2.75, 3.05) is 19.6 Å². The lowest BCUT2D eigenvalue weighted by Gasteiger charge is -2.20. The summed E-state index contributed by atoms with van der Waals surface area (Å²) in [5.74, 6) is 0.848. The van der Waals surface area contributed by atoms with Crippen LogP contribution < -0.4 is 4.72 Å². The van der Waals surface area contributed by atoms with Crippen molar-refractivity contribution in [2.45, 2.75) is 38.5 Å². The van der Waals surface area contributed by atoms with Gasteiger partial charge in [0.25, 0.3) is 10.2 Å². The number of nitrogens with one attached hydrogen (secondary N) is 2. The minimum atomic E-state index is -3.36. The summed E-state index contributed by atoms with van der Waals surface area (Å²) in [6.45, 7) is 1.66. The van der Waals surface area contributed by atoms with Gasteiger partial charge in [-0.15, -0.1) is 0 Å². The lowest BCUT2D eigenvalue weighted by Crippen LogP contribution is -2.41. The summed E-state index contributed by atoms with van der Waals surface area (Å²) in [4.78, 5) is 7.71. The average molecular weight is 371 g/mol. The zero-order chi connectivity index (χ0) is 17.0. The predicted molar refractivity (Wildman–Crippen MR) is 96.4 cm³/mol. The maximum atomic E-state index is 12.3. The van der Waals surface area contributed by atoms with E-state index in [0.29, 0.717) is 37.5 Å². The molecule has 1 aliphatic rings. The third kappa shape index (κ3) is 4.47. The number of hydrogen-bond acceptors (Lipinski definition) is 3. The molecule has 2 aromatic rings. The van der Waals surface area contributed by atoms with Crippen molar-refractivity contribution in [1.29, 1.82) is 0 Å². The van der Waals surface area contributed by atoms with Crippen LogP contribution in [0.25, 0.3) is 11.0 Å². The number of aromatic nitrogens is 2. The van der Waals surface area contributed by atoms with Crippen LogP contribution in [-0.2, 0) is 16.6 Å². The van der Waals surface area contributed by atoms with E-state index in [1.807, 2.05) is 18.2 Å². The van der Waals surface area contributed by atoms with Gasteiger partial charge in [-0.3, -0.25) is 0 Å². The quantitative estimate of drug-likeness (QED) is 0.767. The molecular weight excluding hydrogens is 348 g/mol. The summed E-state index contributed by atoms with van der Waals surface area (Å²) in [6.07, 6.45) is 5.50. The van der Waals surface area contributed by atoms with Crippen molar-refractivity contribution in [3.8, 4) is 0 Å². The van der Waals surface area contributed by atoms with E-state index in [1.165, 1.54) is 0 Å². The van der Waals surface area contributed by atoms with Crippen molar-refractivity contribution in [1.82, 2.24) is 19.0 Å². The van der Waals surface area contributed by atoms with Crippen molar-refractivity contribution in [3.05, 3.63) is 29.0 Å². The Morgan fingerprint density at radius 1 is 1.21 bits per heavy atom. The van der Waals surface area contributed by atoms with Gasteiger partial charge in [0.2, 0.25) is 0 Å². The minimum Gasteiger partial charge on any atom is -0.342 e. The molecule has 132 valence electrons. The number of halogens is 1. The highest BCUT2D eigenvalue weighted by Gasteiger charge is 2.22. The van der Waals surface area contributed by atoms with E-state index in [-0.39, 0.29) is 0 Å². The fraction of sp³-hybridized carbons (Fsp3) is 0.562. The first-order chi connectivity index (χ1) is 11.5. The number of aryl methyl sites for hydroxylation is 1. The maximum absolute atomic E-state index is 12.3. The summed E-state index contributed by atoms with van der Waals surface area (Å²) in [7, 11) is -3.36. The van der Waals surface area contributed by atoms with Gasteiger partial charge < -0.3 is 4.98 Å². The number of aromatic amines is 1. The van der Waals surface area contributed by atoms with Crippen molar-refractivity contribution in [2.24, 2.45) is 0 Å². The molecule has 8 heteroatoms. The highest BCUT2D eigenvalue weighted by molar-refractivity contribution is 7.87. The second-order valence-electron chi connectivity index (χ2n) is 6.16. The molecule has 1 saturated heterocycles. The number of hydrogen-bond donors (Lipinski definition) is 2. The van der Waals surface area contributed by atoms with Gasteiger partial charge in [-0.1, -0.05) is 24.4 Å². The Hall–Kier alpha value is -1.15. The van der Waals surface area contributed by atoms with E-state index < -0.39 is 10.2 Å². The first kappa shape index (κ1) is 17.7. The number of H-pyrrole nitrogens is 1. The Labute approximate surface area is 147 Å². The molecule has 2 N–H and O–H groups in total. The van der Waals surface area contributed by atoms with Gasteiger partial charge in [-0.2, -0.15) is 12.7 Å². The van der Waals surface area contributed by atoms with E-state index >= 15 is 0 Å². The number of fused-ring (bicyclic) bond motifs is 1. The fourth-order valence-corrected chi connectivity index (χ4v) is 4.48. The molecule has 1 aromatic heterocycles. The van der Waals surface area contributed by atoms with Gasteiger partial charge in [0.15, 0.2) is 0 Å². The molecular formula is C16H23ClN4O2S. The summed E-state index contributed by atoms with van der Waals surface area (Å²) in [5.41, 5.74) is 1.78. The monoisotopic (exact) mass is 370 g/mol. The maximum Gasteiger partial charge on any atom is 0.279 e. The normalized spacial score (nSPS) is 17.2. The molecule has 24 heavy (non-hydrogen) atoms. The average Bonchev–Trinajstić information content (AvgIpc) is 2.75. The van der Waals surface area contributed by atoms with Gasteiger partial charge in [-0.05, 0) is 37.5 Å². The first-order valence-electron chi connectivity index (χ1n) is 8.43. The zero-order valence-electron chi connectivity index (χ0n) is 13.6. The SMILES string of the molecule is O=S(=O)(NCCCc1nc2ccc(Cl)cc2[nH]1)N1CCCCCC1. The molecule has 0 saturated carbocycles. The predicted octanol–water partition coefficient (Wildman–Crippen LogP) is 2.86. The molecule has 2 heterocycles. The highest BCUT2D eigenvalue weighted by Crippen LogP contribution is 2.17. The first-order valence-corrected chi connectivity index (χ1v) is 10.3. The van der Waals surface area contributed by atoms with Gasteiger partial charge in [-0.25, -0.2) is 9.71 Å². The summed E-state index contributed by atoms with van der Waals surface area (Å²) >= 11 is 5.96. The Morgan fingerprint density at radius 2 is 1.96 bits per heavy atom. The van der Waals surface area contributed by atoms with Crippen molar-refractivity contribution < 1.29 is 8.42 Å². The van der Waals surface area contributed by atoms with E-state index in [4.69, 9.17) is 11.6 Å². The van der Waals surface area contributed by atoms with E-state index in [1.54, 1.807) is 4.31 Å². The van der Waals surface area contributed by atoms with Crippen LogP contribution in [-0.4, -0.2) is 42.3 Å². The Kier molecular flexibility index (Phi) is 5.76. The summed E-state index contributed by atoms with van der Waals surface area (Å²) < 4.78 is 28.9. The zero-order valence-corrected chi connectivity index (χ0v) is 15.2. The number of nitrogens with zero attached hydrogens (tertiary/aromatic N) is 2. The van der Waals surface area contributed by atoms with Crippen LogP contribution in [0, 0.1) is 0 Å². The summed E-state index contributed by atoms with van der Waals surface area (Å²) in [5, 5.41) is 0.669. The van der Waals surface area contributed by atoms with Gasteiger partial charge in [0.05, 0.1) is 11.0 Å². The van der Waals surface area contributed by atoms with Crippen LogP contribution in [0.4, 0.5) is 0 Å². The number of imidazole rings is 1. The van der Waals surface area contributed by atoms with Crippen LogP contribution in [0.15, 0.2) is 18.2 Å². The van der Waals surface area contributed by atoms with Gasteiger partial charge in [0.1, 0.15) is 5.82 Å². The van der Waals surface area contributed by atoms with Crippen molar-refractivity contribution in [3.63, 3.8) is 0 Å². The Morgan fingerprint density at radius 3 is 2.71 bits per heavy atom. The number of benzene rings is 1. The molecule has 0 aliphatic carbocycles. The molecule has 3 rings (SSSR count). The van der Waals surface area contributed by atoms with Crippen LogP contribution in [0.1, 0.15) is 37.9 Å². The van der Waals surface area contributed by atoms with Gasteiger partial charge >= 0.3 is 0 Å². The lowest BCUT2D eigenvalue weighted by atomic mass is 10.2. The van der Waals surface area contributed by atoms with Gasteiger partial charge in [0, 0.05) is 31.1 Å². The molecule has 1 aliphatic heterocycles. The molecule has 1 fully saturated rings. The number of rotatable bonds is 6. The van der Waals surface area contributed by atoms with E-state index in [2.05, 4.69) is 14.7 Å². The molecule has 0 amide bonds. The van der Waals surface area contributed by atoms with E-state index in [0.717, 1.165) is 42.5 Å². The smallest absolute Gasteiger partial charge is 0.279 e. The van der Waals surface area contributed by atoms with Crippen LogP contribution in [0.3, 0.4) is 0 Å². The largest absolute Gasteiger partial charge is 0.342 e. The second kappa shape index (κ2) is 7.82. The molecule has 0 bridgehead atoms. The molecule has 0 atom stereocenters. The van der Waals surface area contributed by atoms with Crippen LogP contribution in [0.5, 0.6) is 0 Å². The van der Waals surface area contributed by atoms with Crippen LogP contribution >= 0.6 is 11.6 Å². The third-order valence-corrected chi connectivity index (χ3v) is 6.12. The lowest BCUT2D eigenvalue weighted by molar-refractivity contribution is 0.414. The molecule has 0 spiro atoms. The second-order valence-corrected chi connectivity index (χ2v) is 8.35. The highest BCUT2D eigenvalue weighted by atomic mass is 35.5. The topological polar surface area (TPSA) is 78.1 Å². The molecule has 6 nitrogen and oxygen atoms in total. The van der Waals surface area contributed by atoms with Crippen LogP contribution in [0.2, 0.25) is 5.02 Å². The van der Waals surface area contributed by atoms with Crippen molar-refractivity contribution >= 4 is 32.8 Å². The fourth-order valence-electron chi connectivity index (χ4n) is 2.98. The molecule has 0 radical (unpaired) electrons. The Bertz CT molecular complexity index is 782. The third-order valence-electron chi connectivity index (χ3n) is 4.27. The molecule has 0 unspecified atom stereocenters. The molecule has 1 aromatic carbocycles. The van der Waals surface area contributed by atoms with E-state index in [9.17, 15) is 8.42 Å². The minimum absolute atomic E-state index is 0.413.